The number of rotatable bonds is 4. The molecule has 1 heterocycles. The van der Waals surface area contributed by atoms with Crippen LogP contribution in [-0.2, 0) is 23.6 Å². The third-order valence-corrected chi connectivity index (χ3v) is 6.20. The second-order valence-corrected chi connectivity index (χ2v) is 7.77. The molecule has 0 unspecified atom stereocenters. The van der Waals surface area contributed by atoms with Crippen LogP contribution in [0.4, 0.5) is 5.69 Å². The summed E-state index contributed by atoms with van der Waals surface area (Å²) >= 11 is 9.10. The molecule has 0 bridgehead atoms. The van der Waals surface area contributed by atoms with Crippen molar-refractivity contribution in [3.05, 3.63) is 39.8 Å². The third-order valence-electron chi connectivity index (χ3n) is 3.01. The lowest BCUT2D eigenvalue weighted by molar-refractivity contribution is 0.451. The van der Waals surface area contributed by atoms with Crippen LogP contribution in [-0.4, -0.2) is 29.3 Å². The van der Waals surface area contributed by atoms with Gasteiger partial charge in [0.15, 0.2) is 0 Å². The fraction of sp³-hybridized carbons (Fsp3) is 0.250. The van der Waals surface area contributed by atoms with E-state index in [9.17, 15) is 8.42 Å². The van der Waals surface area contributed by atoms with Crippen molar-refractivity contribution in [3.8, 4) is 0 Å². The van der Waals surface area contributed by atoms with E-state index in [1.807, 2.05) is 0 Å². The SMILES string of the molecule is CN(Cc1nccn1C)S(=O)(=O)c1cc(Cl)cc(N)c1Br. The third kappa shape index (κ3) is 3.23. The highest BCUT2D eigenvalue weighted by molar-refractivity contribution is 9.10. The van der Waals surface area contributed by atoms with Crippen LogP contribution < -0.4 is 5.73 Å². The summed E-state index contributed by atoms with van der Waals surface area (Å²) < 4.78 is 28.5. The van der Waals surface area contributed by atoms with Crippen molar-refractivity contribution in [3.63, 3.8) is 0 Å². The lowest BCUT2D eigenvalue weighted by Crippen LogP contribution is -2.28. The van der Waals surface area contributed by atoms with E-state index in [4.69, 9.17) is 17.3 Å². The fourth-order valence-electron chi connectivity index (χ4n) is 1.77. The van der Waals surface area contributed by atoms with Crippen molar-refractivity contribution in [2.75, 3.05) is 12.8 Å². The average molecular weight is 394 g/mol. The molecule has 0 saturated carbocycles. The summed E-state index contributed by atoms with van der Waals surface area (Å²) in [7, 11) is -0.457. The number of hydrogen-bond acceptors (Lipinski definition) is 4. The van der Waals surface area contributed by atoms with Gasteiger partial charge in [0.25, 0.3) is 0 Å². The van der Waals surface area contributed by atoms with Crippen molar-refractivity contribution >= 4 is 43.2 Å². The van der Waals surface area contributed by atoms with Crippen LogP contribution in [0.5, 0.6) is 0 Å². The maximum absolute atomic E-state index is 12.6. The van der Waals surface area contributed by atoms with Gasteiger partial charge in [-0.1, -0.05) is 11.6 Å². The van der Waals surface area contributed by atoms with E-state index in [2.05, 4.69) is 20.9 Å². The Kier molecular flexibility index (Phi) is 4.62. The van der Waals surface area contributed by atoms with Crippen molar-refractivity contribution in [1.82, 2.24) is 13.9 Å². The van der Waals surface area contributed by atoms with Gasteiger partial charge in [0, 0.05) is 37.2 Å². The summed E-state index contributed by atoms with van der Waals surface area (Å²) in [5.41, 5.74) is 6.02. The second kappa shape index (κ2) is 5.96. The number of hydrogen-bond donors (Lipinski definition) is 1. The topological polar surface area (TPSA) is 81.2 Å². The van der Waals surface area contributed by atoms with Crippen LogP contribution in [0.1, 0.15) is 5.82 Å². The van der Waals surface area contributed by atoms with Gasteiger partial charge in [-0.2, -0.15) is 4.31 Å². The van der Waals surface area contributed by atoms with Crippen molar-refractivity contribution in [2.45, 2.75) is 11.4 Å². The van der Waals surface area contributed by atoms with Crippen LogP contribution in [0.15, 0.2) is 33.9 Å². The molecule has 0 saturated heterocycles. The number of aromatic nitrogens is 2. The van der Waals surface area contributed by atoms with Crippen LogP contribution >= 0.6 is 27.5 Å². The minimum atomic E-state index is -3.74. The molecule has 2 aromatic rings. The minimum absolute atomic E-state index is 0.0317. The molecule has 0 fully saturated rings. The quantitative estimate of drug-likeness (QED) is 0.808. The first-order chi connectivity index (χ1) is 9.73. The predicted octanol–water partition coefficient (Wildman–Crippen LogP) is 2.24. The Bertz CT molecular complexity index is 776. The first kappa shape index (κ1) is 16.3. The lowest BCUT2D eigenvalue weighted by Gasteiger charge is -2.18. The normalized spacial score (nSPS) is 12.0. The first-order valence-electron chi connectivity index (χ1n) is 5.90. The van der Waals surface area contributed by atoms with Crippen molar-refractivity contribution in [2.24, 2.45) is 7.05 Å². The van der Waals surface area contributed by atoms with E-state index in [0.717, 1.165) is 0 Å². The number of imidazole rings is 1. The molecular weight excluding hydrogens is 380 g/mol. The second-order valence-electron chi connectivity index (χ2n) is 4.52. The number of nitrogen functional groups attached to an aromatic ring is 1. The largest absolute Gasteiger partial charge is 0.398 e. The Morgan fingerprint density at radius 1 is 1.48 bits per heavy atom. The monoisotopic (exact) mass is 392 g/mol. The molecular formula is C12H14BrClN4O2S. The molecule has 6 nitrogen and oxygen atoms in total. The van der Waals surface area contributed by atoms with E-state index in [0.29, 0.717) is 10.3 Å². The van der Waals surface area contributed by atoms with E-state index in [-0.39, 0.29) is 22.2 Å². The molecule has 1 aromatic heterocycles. The molecule has 0 aliphatic carbocycles. The molecule has 2 rings (SSSR count). The number of halogens is 2. The van der Waals surface area contributed by atoms with Crippen LogP contribution in [0.3, 0.4) is 0 Å². The predicted molar refractivity (Wildman–Crippen MR) is 85.4 cm³/mol. The van der Waals surface area contributed by atoms with Gasteiger partial charge in [0.1, 0.15) is 5.82 Å². The van der Waals surface area contributed by atoms with Gasteiger partial charge in [-0.15, -0.1) is 0 Å². The van der Waals surface area contributed by atoms with Gasteiger partial charge in [-0.05, 0) is 28.1 Å². The molecule has 114 valence electrons. The highest BCUT2D eigenvalue weighted by Gasteiger charge is 2.26. The summed E-state index contributed by atoms with van der Waals surface area (Å²) in [5.74, 6) is 0.632. The average Bonchev–Trinajstić information content (AvgIpc) is 2.79. The molecule has 21 heavy (non-hydrogen) atoms. The van der Waals surface area contributed by atoms with Gasteiger partial charge < -0.3 is 10.3 Å². The van der Waals surface area contributed by atoms with Crippen molar-refractivity contribution < 1.29 is 8.42 Å². The molecule has 1 aromatic carbocycles. The Morgan fingerprint density at radius 2 is 2.14 bits per heavy atom. The standard InChI is InChI=1S/C12H14BrClN4O2S/c1-17-4-3-16-11(17)7-18(2)21(19,20)10-6-8(14)5-9(15)12(10)13/h3-6H,7,15H2,1-2H3. The maximum atomic E-state index is 12.6. The van der Waals surface area contributed by atoms with Gasteiger partial charge in [0.2, 0.25) is 10.0 Å². The van der Waals surface area contributed by atoms with E-state index < -0.39 is 10.0 Å². The fourth-order valence-corrected chi connectivity index (χ4v) is 4.15. The van der Waals surface area contributed by atoms with E-state index in [1.165, 1.54) is 23.5 Å². The summed E-state index contributed by atoms with van der Waals surface area (Å²) in [6.45, 7) is 0.144. The number of nitrogens with two attached hydrogens (primary N) is 1. The zero-order valence-corrected chi connectivity index (χ0v) is 14.6. The smallest absolute Gasteiger partial charge is 0.244 e. The van der Waals surface area contributed by atoms with Gasteiger partial charge in [0.05, 0.1) is 15.9 Å². The minimum Gasteiger partial charge on any atom is -0.398 e. The van der Waals surface area contributed by atoms with Crippen molar-refractivity contribution in [1.29, 1.82) is 0 Å². The first-order valence-corrected chi connectivity index (χ1v) is 8.51. The zero-order chi connectivity index (χ0) is 15.8. The summed E-state index contributed by atoms with van der Waals surface area (Å²) in [5, 5.41) is 0.264. The maximum Gasteiger partial charge on any atom is 0.244 e. The molecule has 0 amide bonds. The molecule has 2 N–H and O–H groups in total. The van der Waals surface area contributed by atoms with Gasteiger partial charge >= 0.3 is 0 Å². The molecule has 0 spiro atoms. The van der Waals surface area contributed by atoms with Gasteiger partial charge in [-0.3, -0.25) is 0 Å². The summed E-state index contributed by atoms with van der Waals surface area (Å²) in [6.07, 6.45) is 3.37. The Balaban J connectivity index is 2.40. The van der Waals surface area contributed by atoms with Crippen LogP contribution in [0.2, 0.25) is 5.02 Å². The number of sulfonamides is 1. The number of benzene rings is 1. The van der Waals surface area contributed by atoms with Gasteiger partial charge in [-0.25, -0.2) is 13.4 Å². The number of anilines is 1. The molecule has 0 radical (unpaired) electrons. The highest BCUT2D eigenvalue weighted by Crippen LogP contribution is 2.33. The van der Waals surface area contributed by atoms with E-state index >= 15 is 0 Å². The van der Waals surface area contributed by atoms with Crippen LogP contribution in [0, 0.1) is 0 Å². The summed E-state index contributed by atoms with van der Waals surface area (Å²) in [6, 6.07) is 2.86. The van der Waals surface area contributed by atoms with Crippen LogP contribution in [0.25, 0.3) is 0 Å². The Labute approximate surface area is 136 Å². The lowest BCUT2D eigenvalue weighted by atomic mass is 10.3. The number of nitrogens with zero attached hydrogens (tertiary/aromatic N) is 3. The molecule has 0 aliphatic heterocycles. The molecule has 9 heteroatoms. The molecule has 0 aliphatic rings. The Hall–Kier alpha value is -1.09. The summed E-state index contributed by atoms with van der Waals surface area (Å²) in [4.78, 5) is 4.15. The highest BCUT2D eigenvalue weighted by atomic mass is 79.9. The molecule has 0 atom stereocenters. The van der Waals surface area contributed by atoms with E-state index in [1.54, 1.807) is 24.0 Å². The zero-order valence-electron chi connectivity index (χ0n) is 11.4. The number of aryl methyl sites for hydroxylation is 1. The Morgan fingerprint density at radius 3 is 2.71 bits per heavy atom.